The number of carbonyl (C=O) groups is 1. The summed E-state index contributed by atoms with van der Waals surface area (Å²) < 4.78 is 5.27. The highest BCUT2D eigenvalue weighted by Crippen LogP contribution is 2.28. The third-order valence-electron chi connectivity index (χ3n) is 5.07. The molecule has 0 saturated heterocycles. The van der Waals surface area contributed by atoms with E-state index in [1.165, 1.54) is 0 Å². The van der Waals surface area contributed by atoms with E-state index in [-0.39, 0.29) is 11.9 Å². The maximum absolute atomic E-state index is 12.5. The molecule has 6 nitrogen and oxygen atoms in total. The first-order chi connectivity index (χ1) is 13.5. The zero-order valence-corrected chi connectivity index (χ0v) is 17.5. The minimum absolute atomic E-state index is 0.108. The number of nitrogens with zero attached hydrogens (tertiary/aromatic N) is 2. The van der Waals surface area contributed by atoms with Gasteiger partial charge in [0.25, 0.3) is 5.91 Å². The van der Waals surface area contributed by atoms with Gasteiger partial charge in [0.15, 0.2) is 0 Å². The van der Waals surface area contributed by atoms with Crippen LogP contribution in [0.5, 0.6) is 5.88 Å². The summed E-state index contributed by atoms with van der Waals surface area (Å²) >= 11 is 12.0. The van der Waals surface area contributed by atoms with Gasteiger partial charge in [0.2, 0.25) is 5.88 Å². The molecule has 2 aromatic heterocycles. The molecule has 0 radical (unpaired) electrons. The third kappa shape index (κ3) is 5.26. The molecule has 0 bridgehead atoms. The molecule has 150 valence electrons. The van der Waals surface area contributed by atoms with Crippen LogP contribution in [-0.4, -0.2) is 35.6 Å². The van der Waals surface area contributed by atoms with E-state index in [9.17, 15) is 4.79 Å². The summed E-state index contributed by atoms with van der Waals surface area (Å²) in [4.78, 5) is 20.8. The largest absolute Gasteiger partial charge is 0.480 e. The molecule has 1 amide bonds. The molecule has 2 aromatic rings. The number of aromatic nitrogens is 2. The lowest BCUT2D eigenvalue weighted by Gasteiger charge is -2.29. The van der Waals surface area contributed by atoms with Crippen molar-refractivity contribution in [3.8, 4) is 5.88 Å². The first-order valence-electron chi connectivity index (χ1n) is 9.32. The van der Waals surface area contributed by atoms with Gasteiger partial charge in [-0.05, 0) is 50.7 Å². The van der Waals surface area contributed by atoms with Crippen LogP contribution in [0.2, 0.25) is 10.0 Å². The van der Waals surface area contributed by atoms with Crippen molar-refractivity contribution in [2.24, 2.45) is 5.92 Å². The molecule has 28 heavy (non-hydrogen) atoms. The van der Waals surface area contributed by atoms with Gasteiger partial charge >= 0.3 is 0 Å². The normalized spacial score (nSPS) is 19.1. The van der Waals surface area contributed by atoms with Gasteiger partial charge in [0, 0.05) is 25.0 Å². The molecule has 1 saturated carbocycles. The van der Waals surface area contributed by atoms with E-state index in [0.29, 0.717) is 33.1 Å². The number of nitrogens with one attached hydrogen (secondary N) is 2. The molecule has 1 aliphatic carbocycles. The minimum Gasteiger partial charge on any atom is -0.480 e. The average molecular weight is 423 g/mol. The van der Waals surface area contributed by atoms with Crippen molar-refractivity contribution in [2.45, 2.75) is 38.6 Å². The van der Waals surface area contributed by atoms with Gasteiger partial charge in [-0.2, -0.15) is 0 Å². The fourth-order valence-corrected chi connectivity index (χ4v) is 3.80. The Labute approximate surface area is 175 Å². The highest BCUT2D eigenvalue weighted by molar-refractivity contribution is 6.31. The zero-order valence-electron chi connectivity index (χ0n) is 16.0. The molecule has 2 heterocycles. The van der Waals surface area contributed by atoms with E-state index in [0.717, 1.165) is 37.9 Å². The second-order valence-corrected chi connectivity index (χ2v) is 7.94. The number of rotatable bonds is 6. The number of amides is 1. The van der Waals surface area contributed by atoms with Crippen molar-refractivity contribution in [1.29, 1.82) is 0 Å². The van der Waals surface area contributed by atoms with Crippen LogP contribution in [0, 0.1) is 12.8 Å². The maximum atomic E-state index is 12.5. The number of carbonyl (C=O) groups excluding carboxylic acids is 1. The smallest absolute Gasteiger partial charge is 0.253 e. The molecule has 3 rings (SSSR count). The van der Waals surface area contributed by atoms with Crippen LogP contribution >= 0.6 is 23.2 Å². The van der Waals surface area contributed by atoms with Crippen LogP contribution in [0.15, 0.2) is 24.5 Å². The maximum Gasteiger partial charge on any atom is 0.253 e. The summed E-state index contributed by atoms with van der Waals surface area (Å²) in [5.41, 5.74) is 2.02. The minimum atomic E-state index is -0.108. The lowest BCUT2D eigenvalue weighted by molar-refractivity contribution is 0.0921. The first kappa shape index (κ1) is 20.7. The Morgan fingerprint density at radius 1 is 1.14 bits per heavy atom. The Kier molecular flexibility index (Phi) is 6.97. The highest BCUT2D eigenvalue weighted by Gasteiger charge is 2.24. The molecule has 0 aliphatic heterocycles. The number of ether oxygens (including phenoxy) is 1. The van der Waals surface area contributed by atoms with Crippen LogP contribution in [0.25, 0.3) is 0 Å². The summed E-state index contributed by atoms with van der Waals surface area (Å²) in [6, 6.07) is 3.66. The fourth-order valence-electron chi connectivity index (χ4n) is 3.48. The van der Waals surface area contributed by atoms with Gasteiger partial charge in [0.05, 0.1) is 34.1 Å². The predicted molar refractivity (Wildman–Crippen MR) is 111 cm³/mol. The zero-order chi connectivity index (χ0) is 20.1. The van der Waals surface area contributed by atoms with Gasteiger partial charge in [0.1, 0.15) is 0 Å². The van der Waals surface area contributed by atoms with Crippen molar-refractivity contribution in [3.05, 3.63) is 45.8 Å². The first-order valence-corrected chi connectivity index (χ1v) is 10.1. The highest BCUT2D eigenvalue weighted by atomic mass is 35.5. The predicted octanol–water partition coefficient (Wildman–Crippen LogP) is 4.50. The number of aryl methyl sites for hydroxylation is 1. The van der Waals surface area contributed by atoms with E-state index >= 15 is 0 Å². The average Bonchev–Trinajstić information content (AvgIpc) is 2.69. The summed E-state index contributed by atoms with van der Waals surface area (Å²) in [7, 11) is 1.59. The standard InChI is InChI=1S/C20H24Cl2N4O2/c1-12-17(7-14(21)10-23-12)19(27)26-16-5-3-13(4-6-16)9-24-18-8-15(22)11-25-20(18)28-2/h7-8,10-11,13,16,24H,3-6,9H2,1-2H3,(H,26,27). The second-order valence-electron chi connectivity index (χ2n) is 7.07. The summed E-state index contributed by atoms with van der Waals surface area (Å²) in [5.74, 6) is 0.950. The van der Waals surface area contributed by atoms with Gasteiger partial charge in [-0.3, -0.25) is 9.78 Å². The SMILES string of the molecule is COc1ncc(Cl)cc1NCC1CCC(NC(=O)c2cc(Cl)cnc2C)CC1. The van der Waals surface area contributed by atoms with E-state index < -0.39 is 0 Å². The molecule has 1 aliphatic rings. The van der Waals surface area contributed by atoms with E-state index in [2.05, 4.69) is 20.6 Å². The molecule has 0 spiro atoms. The van der Waals surface area contributed by atoms with Crippen LogP contribution in [0.1, 0.15) is 41.7 Å². The van der Waals surface area contributed by atoms with E-state index in [1.807, 2.05) is 13.0 Å². The lowest BCUT2D eigenvalue weighted by atomic mass is 9.86. The van der Waals surface area contributed by atoms with Gasteiger partial charge in [-0.15, -0.1) is 0 Å². The number of anilines is 1. The molecular formula is C20H24Cl2N4O2. The van der Waals surface area contributed by atoms with E-state index in [1.54, 1.807) is 25.6 Å². The van der Waals surface area contributed by atoms with Crippen molar-refractivity contribution in [3.63, 3.8) is 0 Å². The number of halogens is 2. The number of hydrogen-bond donors (Lipinski definition) is 2. The Balaban J connectivity index is 1.49. The molecule has 0 atom stereocenters. The van der Waals surface area contributed by atoms with Crippen molar-refractivity contribution >= 4 is 34.8 Å². The van der Waals surface area contributed by atoms with Gasteiger partial charge in [-0.1, -0.05) is 23.2 Å². The third-order valence-corrected chi connectivity index (χ3v) is 5.49. The second kappa shape index (κ2) is 9.43. The van der Waals surface area contributed by atoms with Crippen LogP contribution in [-0.2, 0) is 0 Å². The summed E-state index contributed by atoms with van der Waals surface area (Å²) in [6.07, 6.45) is 7.06. The summed E-state index contributed by atoms with van der Waals surface area (Å²) in [6.45, 7) is 2.63. The van der Waals surface area contributed by atoms with E-state index in [4.69, 9.17) is 27.9 Å². The Hall–Kier alpha value is -2.05. The van der Waals surface area contributed by atoms with Crippen LogP contribution < -0.4 is 15.4 Å². The van der Waals surface area contributed by atoms with Gasteiger partial charge < -0.3 is 15.4 Å². The Morgan fingerprint density at radius 3 is 2.54 bits per heavy atom. The Bertz CT molecular complexity index is 839. The van der Waals surface area contributed by atoms with Crippen molar-refractivity contribution in [1.82, 2.24) is 15.3 Å². The molecule has 0 aromatic carbocycles. The van der Waals surface area contributed by atoms with Crippen LogP contribution in [0.4, 0.5) is 5.69 Å². The van der Waals surface area contributed by atoms with Crippen LogP contribution in [0.3, 0.4) is 0 Å². The monoisotopic (exact) mass is 422 g/mol. The van der Waals surface area contributed by atoms with Crippen molar-refractivity contribution < 1.29 is 9.53 Å². The molecule has 1 fully saturated rings. The van der Waals surface area contributed by atoms with Crippen molar-refractivity contribution in [2.75, 3.05) is 19.0 Å². The number of pyridine rings is 2. The number of methoxy groups -OCH3 is 1. The molecule has 0 unspecified atom stereocenters. The molecule has 8 heteroatoms. The summed E-state index contributed by atoms with van der Waals surface area (Å²) in [5, 5.41) is 7.54. The quantitative estimate of drug-likeness (QED) is 0.716. The Morgan fingerprint density at radius 2 is 1.82 bits per heavy atom. The topological polar surface area (TPSA) is 76.1 Å². The lowest BCUT2D eigenvalue weighted by Crippen LogP contribution is -2.38. The molecule has 2 N–H and O–H groups in total. The van der Waals surface area contributed by atoms with Gasteiger partial charge in [-0.25, -0.2) is 4.98 Å². The fraction of sp³-hybridized carbons (Fsp3) is 0.450. The number of hydrogen-bond acceptors (Lipinski definition) is 5. The molecular weight excluding hydrogens is 399 g/mol.